The smallest absolute Gasteiger partial charge is 0.261 e. The summed E-state index contributed by atoms with van der Waals surface area (Å²) in [6.07, 6.45) is 2.42. The number of aromatic nitrogens is 2. The number of halogens is 1. The van der Waals surface area contributed by atoms with Crippen LogP contribution in [0, 0.1) is 5.82 Å². The zero-order valence-electron chi connectivity index (χ0n) is 14.7. The van der Waals surface area contributed by atoms with Crippen molar-refractivity contribution in [2.75, 3.05) is 5.32 Å². The first-order valence-electron chi connectivity index (χ1n) is 8.55. The molecule has 0 saturated heterocycles. The number of anilines is 1. The van der Waals surface area contributed by atoms with E-state index in [0.29, 0.717) is 17.7 Å². The number of hydrogen-bond donors (Lipinski definition) is 1. The molecule has 1 aromatic heterocycles. The summed E-state index contributed by atoms with van der Waals surface area (Å²) in [6, 6.07) is 10.2. The number of carbonyl (C=O) groups excluding carboxylic acids is 2. The van der Waals surface area contributed by atoms with Gasteiger partial charge in [-0.2, -0.15) is 0 Å². The molecular formula is C20H18FN3O3. The second kappa shape index (κ2) is 7.90. The van der Waals surface area contributed by atoms with Gasteiger partial charge in [0.05, 0.1) is 23.8 Å². The monoisotopic (exact) mass is 367 g/mol. The van der Waals surface area contributed by atoms with Crippen LogP contribution in [-0.2, 0) is 11.3 Å². The van der Waals surface area contributed by atoms with E-state index < -0.39 is 11.4 Å². The number of amides is 1. The molecule has 2 aromatic carbocycles. The quantitative estimate of drug-likeness (QED) is 0.679. The zero-order valence-corrected chi connectivity index (χ0v) is 14.7. The molecule has 0 radical (unpaired) electrons. The molecule has 0 unspecified atom stereocenters. The van der Waals surface area contributed by atoms with Gasteiger partial charge in [-0.3, -0.25) is 19.0 Å². The third kappa shape index (κ3) is 4.25. The molecule has 3 aromatic rings. The van der Waals surface area contributed by atoms with Crippen LogP contribution in [0.3, 0.4) is 0 Å². The van der Waals surface area contributed by atoms with Crippen LogP contribution in [0.1, 0.15) is 30.1 Å². The largest absolute Gasteiger partial charge is 0.326 e. The van der Waals surface area contributed by atoms with Gasteiger partial charge in [0.2, 0.25) is 5.91 Å². The van der Waals surface area contributed by atoms with Gasteiger partial charge in [0.1, 0.15) is 5.82 Å². The number of nitrogens with zero attached hydrogens (tertiary/aromatic N) is 2. The molecule has 0 saturated carbocycles. The van der Waals surface area contributed by atoms with Gasteiger partial charge in [0.15, 0.2) is 5.78 Å². The normalized spacial score (nSPS) is 10.7. The van der Waals surface area contributed by atoms with Gasteiger partial charge in [-0.15, -0.1) is 0 Å². The molecule has 0 bridgehead atoms. The molecule has 7 heteroatoms. The number of rotatable bonds is 6. The van der Waals surface area contributed by atoms with Gasteiger partial charge in [0, 0.05) is 23.7 Å². The lowest BCUT2D eigenvalue weighted by molar-refractivity contribution is -0.116. The molecule has 3 rings (SSSR count). The van der Waals surface area contributed by atoms with Crippen LogP contribution in [0.4, 0.5) is 10.1 Å². The predicted molar refractivity (Wildman–Crippen MR) is 100 cm³/mol. The van der Waals surface area contributed by atoms with Crippen LogP contribution in [0.15, 0.2) is 53.6 Å². The number of nitrogens with one attached hydrogen (secondary N) is 1. The second-order valence-electron chi connectivity index (χ2n) is 6.14. The lowest BCUT2D eigenvalue weighted by Gasteiger charge is -2.08. The summed E-state index contributed by atoms with van der Waals surface area (Å²) < 4.78 is 14.4. The Morgan fingerprint density at radius 1 is 1.15 bits per heavy atom. The van der Waals surface area contributed by atoms with Crippen molar-refractivity contribution in [3.8, 4) is 0 Å². The van der Waals surface area contributed by atoms with Gasteiger partial charge in [-0.25, -0.2) is 9.37 Å². The summed E-state index contributed by atoms with van der Waals surface area (Å²) in [7, 11) is 0. The van der Waals surface area contributed by atoms with E-state index >= 15 is 0 Å². The Morgan fingerprint density at radius 3 is 2.59 bits per heavy atom. The Kier molecular flexibility index (Phi) is 5.40. The predicted octanol–water partition coefficient (Wildman–Crippen LogP) is 3.16. The lowest BCUT2D eigenvalue weighted by atomic mass is 10.1. The highest BCUT2D eigenvalue weighted by molar-refractivity contribution is 5.97. The van der Waals surface area contributed by atoms with E-state index in [-0.39, 0.29) is 29.1 Å². The van der Waals surface area contributed by atoms with Crippen molar-refractivity contribution in [3.63, 3.8) is 0 Å². The molecule has 1 heterocycles. The standard InChI is InChI=1S/C20H18FN3O3/c1-2-3-19(26)23-15-7-4-13(5-8-15)18(25)11-24-12-22-17-10-14(21)6-9-16(17)20(24)27/h4-10,12H,2-3,11H2,1H3,(H,23,26). The molecule has 0 aliphatic heterocycles. The first kappa shape index (κ1) is 18.4. The number of fused-ring (bicyclic) bond motifs is 1. The van der Waals surface area contributed by atoms with Crippen LogP contribution in [0.5, 0.6) is 0 Å². The summed E-state index contributed by atoms with van der Waals surface area (Å²) in [5.41, 5.74) is 0.860. The Morgan fingerprint density at radius 2 is 1.89 bits per heavy atom. The van der Waals surface area contributed by atoms with E-state index in [1.54, 1.807) is 24.3 Å². The molecule has 6 nitrogen and oxygen atoms in total. The Labute approximate surface area is 154 Å². The van der Waals surface area contributed by atoms with E-state index in [9.17, 15) is 18.8 Å². The van der Waals surface area contributed by atoms with Crippen LogP contribution in [-0.4, -0.2) is 21.2 Å². The minimum Gasteiger partial charge on any atom is -0.326 e. The van der Waals surface area contributed by atoms with Gasteiger partial charge in [-0.1, -0.05) is 6.92 Å². The third-order valence-corrected chi connectivity index (χ3v) is 4.07. The van der Waals surface area contributed by atoms with Crippen molar-refractivity contribution >= 4 is 28.3 Å². The zero-order chi connectivity index (χ0) is 19.4. The number of benzene rings is 2. The fourth-order valence-electron chi connectivity index (χ4n) is 2.68. The van der Waals surface area contributed by atoms with E-state index in [1.807, 2.05) is 6.92 Å². The van der Waals surface area contributed by atoms with Crippen molar-refractivity contribution in [1.29, 1.82) is 0 Å². The highest BCUT2D eigenvalue weighted by Gasteiger charge is 2.11. The highest BCUT2D eigenvalue weighted by atomic mass is 19.1. The van der Waals surface area contributed by atoms with Crippen LogP contribution >= 0.6 is 0 Å². The first-order valence-corrected chi connectivity index (χ1v) is 8.55. The van der Waals surface area contributed by atoms with E-state index in [2.05, 4.69) is 10.3 Å². The highest BCUT2D eigenvalue weighted by Crippen LogP contribution is 2.12. The minimum atomic E-state index is -0.477. The van der Waals surface area contributed by atoms with Crippen molar-refractivity contribution in [1.82, 2.24) is 9.55 Å². The summed E-state index contributed by atoms with van der Waals surface area (Å²) in [4.78, 5) is 40.5. The van der Waals surface area contributed by atoms with Crippen molar-refractivity contribution < 1.29 is 14.0 Å². The summed E-state index contributed by atoms with van der Waals surface area (Å²) in [6.45, 7) is 1.74. The second-order valence-corrected chi connectivity index (χ2v) is 6.14. The van der Waals surface area contributed by atoms with Crippen LogP contribution in [0.25, 0.3) is 10.9 Å². The maximum absolute atomic E-state index is 13.2. The summed E-state index contributed by atoms with van der Waals surface area (Å²) in [5.74, 6) is -0.831. The van der Waals surface area contributed by atoms with Gasteiger partial charge >= 0.3 is 0 Å². The topological polar surface area (TPSA) is 81.1 Å². The van der Waals surface area contributed by atoms with E-state index in [1.165, 1.54) is 29.1 Å². The SMILES string of the molecule is CCCC(=O)Nc1ccc(C(=O)Cn2cnc3cc(F)ccc3c2=O)cc1. The fourth-order valence-corrected chi connectivity index (χ4v) is 2.68. The molecule has 27 heavy (non-hydrogen) atoms. The molecular weight excluding hydrogens is 349 g/mol. The number of ketones is 1. The maximum atomic E-state index is 13.2. The van der Waals surface area contributed by atoms with Crippen LogP contribution < -0.4 is 10.9 Å². The molecule has 1 N–H and O–H groups in total. The maximum Gasteiger partial charge on any atom is 0.261 e. The average molecular weight is 367 g/mol. The van der Waals surface area contributed by atoms with Crippen LogP contribution in [0.2, 0.25) is 0 Å². The lowest BCUT2D eigenvalue weighted by Crippen LogP contribution is -2.24. The first-order chi connectivity index (χ1) is 13.0. The summed E-state index contributed by atoms with van der Waals surface area (Å²) >= 11 is 0. The van der Waals surface area contributed by atoms with Crippen molar-refractivity contribution in [3.05, 3.63) is 70.5 Å². The number of hydrogen-bond acceptors (Lipinski definition) is 4. The third-order valence-electron chi connectivity index (χ3n) is 4.07. The molecule has 0 spiro atoms. The number of carbonyl (C=O) groups is 2. The molecule has 0 atom stereocenters. The Hall–Kier alpha value is -3.35. The van der Waals surface area contributed by atoms with Crippen molar-refractivity contribution in [2.45, 2.75) is 26.3 Å². The molecule has 1 amide bonds. The van der Waals surface area contributed by atoms with E-state index in [4.69, 9.17) is 0 Å². The average Bonchev–Trinajstić information content (AvgIpc) is 2.64. The minimum absolute atomic E-state index is 0.0817. The molecule has 0 aliphatic carbocycles. The van der Waals surface area contributed by atoms with Gasteiger partial charge in [-0.05, 0) is 42.8 Å². The summed E-state index contributed by atoms with van der Waals surface area (Å²) in [5, 5.41) is 3.00. The van der Waals surface area contributed by atoms with Gasteiger partial charge < -0.3 is 5.32 Å². The Balaban J connectivity index is 1.76. The molecule has 138 valence electrons. The Bertz CT molecular complexity index is 1060. The number of Topliss-reactive ketones (excluding diaryl/α,β-unsaturated/α-hetero) is 1. The molecule has 0 fully saturated rings. The van der Waals surface area contributed by atoms with Gasteiger partial charge in [0.25, 0.3) is 5.56 Å². The van der Waals surface area contributed by atoms with E-state index in [0.717, 1.165) is 6.42 Å². The van der Waals surface area contributed by atoms with Crippen molar-refractivity contribution in [2.24, 2.45) is 0 Å². The molecule has 0 aliphatic rings. The fraction of sp³-hybridized carbons (Fsp3) is 0.200.